The van der Waals surface area contributed by atoms with Crippen LogP contribution in [0.4, 0.5) is 15.8 Å². The van der Waals surface area contributed by atoms with Crippen LogP contribution in [0.2, 0.25) is 0 Å². The molecule has 126 valence electrons. The Labute approximate surface area is 146 Å². The number of hydrogen-bond acceptors (Lipinski definition) is 2. The average molecular weight is 354 g/mol. The molecule has 4 nitrogen and oxygen atoms in total. The lowest BCUT2D eigenvalue weighted by Gasteiger charge is -2.15. The van der Waals surface area contributed by atoms with Crippen molar-refractivity contribution in [1.29, 1.82) is 0 Å². The molecule has 1 atom stereocenters. The van der Waals surface area contributed by atoms with Gasteiger partial charge in [0, 0.05) is 28.6 Å². The predicted molar refractivity (Wildman–Crippen MR) is 97.7 cm³/mol. The van der Waals surface area contributed by atoms with E-state index in [2.05, 4.69) is 4.72 Å². The smallest absolute Gasteiger partial charge is 0.258 e. The van der Waals surface area contributed by atoms with E-state index in [4.69, 9.17) is 0 Å². The van der Waals surface area contributed by atoms with Crippen molar-refractivity contribution in [2.75, 3.05) is 16.2 Å². The Morgan fingerprint density at radius 2 is 1.84 bits per heavy atom. The minimum absolute atomic E-state index is 0.0301. The first kappa shape index (κ1) is 15.8. The van der Waals surface area contributed by atoms with Crippen molar-refractivity contribution < 1.29 is 13.4 Å². The lowest BCUT2D eigenvalue weighted by molar-refractivity contribution is 0.0994. The van der Waals surface area contributed by atoms with E-state index in [0.29, 0.717) is 22.7 Å². The van der Waals surface area contributed by atoms with E-state index in [1.54, 1.807) is 23.1 Å². The van der Waals surface area contributed by atoms with E-state index in [-0.39, 0.29) is 11.7 Å². The summed E-state index contributed by atoms with van der Waals surface area (Å²) in [5.41, 5.74) is 2.05. The fourth-order valence-corrected chi connectivity index (χ4v) is 4.20. The molecule has 6 heteroatoms. The average Bonchev–Trinajstić information content (AvgIpc) is 2.90. The fraction of sp³-hybridized carbons (Fsp3) is 0.105. The number of hydrogen-bond donors (Lipinski definition) is 1. The van der Waals surface area contributed by atoms with Gasteiger partial charge >= 0.3 is 0 Å². The van der Waals surface area contributed by atoms with E-state index >= 15 is 0 Å². The van der Waals surface area contributed by atoms with E-state index in [0.717, 1.165) is 16.5 Å². The Kier molecular flexibility index (Phi) is 3.77. The number of carbonyl (C=O) groups is 1. The number of anilines is 2. The first-order chi connectivity index (χ1) is 12.1. The highest BCUT2D eigenvalue weighted by atomic mass is 32.2. The van der Waals surface area contributed by atoms with Gasteiger partial charge in [0.1, 0.15) is 5.82 Å². The number of benzene rings is 3. The van der Waals surface area contributed by atoms with Crippen LogP contribution in [0.5, 0.6) is 0 Å². The summed E-state index contributed by atoms with van der Waals surface area (Å²) in [5.74, 6) is -0.377. The molecular weight excluding hydrogens is 339 g/mol. The van der Waals surface area contributed by atoms with Crippen LogP contribution in [0.25, 0.3) is 10.8 Å². The highest BCUT2D eigenvalue weighted by Gasteiger charge is 2.29. The number of rotatable bonds is 4. The highest BCUT2D eigenvalue weighted by molar-refractivity contribution is 7.86. The summed E-state index contributed by atoms with van der Waals surface area (Å²) in [5, 5.41) is 1.62. The summed E-state index contributed by atoms with van der Waals surface area (Å²) in [6, 6.07) is 14.8. The van der Waals surface area contributed by atoms with Crippen molar-refractivity contribution in [2.45, 2.75) is 11.8 Å². The van der Waals surface area contributed by atoms with Crippen molar-refractivity contribution in [3.63, 3.8) is 0 Å². The summed E-state index contributed by atoms with van der Waals surface area (Å²) in [4.78, 5) is 14.8. The zero-order chi connectivity index (χ0) is 17.6. The van der Waals surface area contributed by atoms with Crippen molar-refractivity contribution in [2.24, 2.45) is 0 Å². The fourth-order valence-electron chi connectivity index (χ4n) is 3.17. The molecule has 1 heterocycles. The van der Waals surface area contributed by atoms with Crippen LogP contribution in [0, 0.1) is 5.82 Å². The monoisotopic (exact) mass is 354 g/mol. The number of halogens is 1. The van der Waals surface area contributed by atoms with Crippen molar-refractivity contribution in [1.82, 2.24) is 0 Å². The van der Waals surface area contributed by atoms with Crippen LogP contribution in [0.1, 0.15) is 17.3 Å². The maximum Gasteiger partial charge on any atom is 0.258 e. The number of nitrogens with one attached hydrogen (secondary N) is 1. The second kappa shape index (κ2) is 5.97. The molecule has 0 saturated carbocycles. The lowest BCUT2D eigenvalue weighted by Crippen LogP contribution is -2.25. The minimum atomic E-state index is -1.53. The Morgan fingerprint density at radius 1 is 1.08 bits per heavy atom. The molecule has 1 aliphatic rings. The molecule has 25 heavy (non-hydrogen) atoms. The zero-order valence-corrected chi connectivity index (χ0v) is 14.3. The highest BCUT2D eigenvalue weighted by Crippen LogP contribution is 2.39. The molecule has 0 saturated heterocycles. The molecule has 0 fully saturated rings. The summed E-state index contributed by atoms with van der Waals surface area (Å²) in [6.07, 6.45) is 0. The van der Waals surface area contributed by atoms with Gasteiger partial charge in [0.25, 0.3) is 5.91 Å². The molecule has 0 spiro atoms. The van der Waals surface area contributed by atoms with Gasteiger partial charge < -0.3 is 9.62 Å². The normalized spacial score (nSPS) is 14.2. The molecule has 0 aromatic heterocycles. The van der Waals surface area contributed by atoms with E-state index in [1.807, 2.05) is 19.1 Å². The molecule has 1 aliphatic heterocycles. The van der Waals surface area contributed by atoms with Gasteiger partial charge in [-0.15, -0.1) is 0 Å². The minimum Gasteiger partial charge on any atom is -0.308 e. The first-order valence-electron chi connectivity index (χ1n) is 7.91. The van der Waals surface area contributed by atoms with Gasteiger partial charge in [-0.1, -0.05) is 12.1 Å². The van der Waals surface area contributed by atoms with Crippen molar-refractivity contribution >= 4 is 39.0 Å². The third kappa shape index (κ3) is 2.49. The molecule has 4 rings (SSSR count). The SMILES string of the molecule is CCN1C(=O)c2cccc3c(S(=O)Nc4ccc(F)cc4)ccc1c23. The molecular formula is C19H15FN2O2S. The van der Waals surface area contributed by atoms with Crippen molar-refractivity contribution in [3.8, 4) is 0 Å². The van der Waals surface area contributed by atoms with E-state index < -0.39 is 11.0 Å². The van der Waals surface area contributed by atoms with Crippen LogP contribution in [0.3, 0.4) is 0 Å². The van der Waals surface area contributed by atoms with Gasteiger partial charge in [-0.05, 0) is 49.4 Å². The maximum atomic E-state index is 13.0. The molecule has 1 amide bonds. The number of nitrogens with zero attached hydrogens (tertiary/aromatic N) is 1. The Bertz CT molecular complexity index is 1020. The standard InChI is InChI=1S/C19H15FN2O2S/c1-2-22-16-10-11-17(14-4-3-5-15(18(14)16)19(22)23)25(24)21-13-8-6-12(20)7-9-13/h3-11,21H,2H2,1H3. The number of amides is 1. The molecule has 0 radical (unpaired) electrons. The van der Waals surface area contributed by atoms with Crippen LogP contribution in [-0.2, 0) is 11.0 Å². The summed E-state index contributed by atoms with van der Waals surface area (Å²) >= 11 is 0. The number of carbonyl (C=O) groups excluding carboxylic acids is 1. The van der Waals surface area contributed by atoms with Gasteiger partial charge in [-0.2, -0.15) is 0 Å². The molecule has 0 bridgehead atoms. The second-order valence-electron chi connectivity index (χ2n) is 5.74. The largest absolute Gasteiger partial charge is 0.308 e. The van der Waals surface area contributed by atoms with E-state index in [1.165, 1.54) is 24.3 Å². The van der Waals surface area contributed by atoms with Crippen LogP contribution in [0.15, 0.2) is 59.5 Å². The van der Waals surface area contributed by atoms with Gasteiger partial charge in [0.15, 0.2) is 11.0 Å². The van der Waals surface area contributed by atoms with Crippen LogP contribution in [-0.4, -0.2) is 16.7 Å². The molecule has 3 aromatic carbocycles. The second-order valence-corrected chi connectivity index (χ2v) is 6.92. The summed E-state index contributed by atoms with van der Waals surface area (Å²) in [7, 11) is -1.53. The Balaban J connectivity index is 1.79. The topological polar surface area (TPSA) is 49.4 Å². The first-order valence-corrected chi connectivity index (χ1v) is 9.06. The van der Waals surface area contributed by atoms with E-state index in [9.17, 15) is 13.4 Å². The molecule has 1 unspecified atom stereocenters. The van der Waals surface area contributed by atoms with Crippen molar-refractivity contribution in [3.05, 3.63) is 66.0 Å². The maximum absolute atomic E-state index is 13.0. The molecule has 1 N–H and O–H groups in total. The predicted octanol–water partition coefficient (Wildman–Crippen LogP) is 4.09. The molecule has 0 aliphatic carbocycles. The van der Waals surface area contributed by atoms with Gasteiger partial charge in [0.05, 0.1) is 10.6 Å². The quantitative estimate of drug-likeness (QED) is 0.767. The Morgan fingerprint density at radius 3 is 2.56 bits per heavy atom. The van der Waals surface area contributed by atoms with Gasteiger partial charge in [0.2, 0.25) is 0 Å². The van der Waals surface area contributed by atoms with Crippen LogP contribution < -0.4 is 9.62 Å². The summed E-state index contributed by atoms with van der Waals surface area (Å²) in [6.45, 7) is 2.51. The van der Waals surface area contributed by atoms with Gasteiger partial charge in [-0.3, -0.25) is 4.79 Å². The summed E-state index contributed by atoms with van der Waals surface area (Å²) < 4.78 is 28.7. The third-order valence-corrected chi connectivity index (χ3v) is 5.49. The molecule has 3 aromatic rings. The lowest BCUT2D eigenvalue weighted by atomic mass is 10.1. The van der Waals surface area contributed by atoms with Gasteiger partial charge in [-0.25, -0.2) is 8.60 Å². The zero-order valence-electron chi connectivity index (χ0n) is 13.5. The Hall–Kier alpha value is -2.73. The van der Waals surface area contributed by atoms with Crippen LogP contribution >= 0.6 is 0 Å². The third-order valence-electron chi connectivity index (χ3n) is 4.32.